The van der Waals surface area contributed by atoms with Crippen LogP contribution in [0.25, 0.3) is 0 Å². The van der Waals surface area contributed by atoms with Gasteiger partial charge in [-0.3, -0.25) is 20.4 Å². The van der Waals surface area contributed by atoms with Gasteiger partial charge < -0.3 is 0 Å². The van der Waals surface area contributed by atoms with Gasteiger partial charge in [0, 0.05) is 10.4 Å². The van der Waals surface area contributed by atoms with Crippen molar-refractivity contribution < 1.29 is 9.59 Å². The van der Waals surface area contributed by atoms with E-state index in [-0.39, 0.29) is 10.9 Å². The van der Waals surface area contributed by atoms with Crippen molar-refractivity contribution in [2.24, 2.45) is 0 Å². The van der Waals surface area contributed by atoms with E-state index in [2.05, 4.69) is 10.9 Å². The lowest BCUT2D eigenvalue weighted by Crippen LogP contribution is -2.41. The molecule has 22 heavy (non-hydrogen) atoms. The van der Waals surface area contributed by atoms with Crippen LogP contribution in [0.3, 0.4) is 0 Å². The Hall–Kier alpha value is -1.56. The predicted molar refractivity (Wildman–Crippen MR) is 89.8 cm³/mol. The zero-order valence-corrected chi connectivity index (χ0v) is 14.3. The fraction of sp³-hybridized carbons (Fsp3) is 0.200. The van der Waals surface area contributed by atoms with Gasteiger partial charge in [0.15, 0.2) is 0 Å². The zero-order valence-electron chi connectivity index (χ0n) is 12.0. The smallest absolute Gasteiger partial charge is 0.267 e. The first-order valence-corrected chi connectivity index (χ1v) is 8.14. The number of nitrogens with one attached hydrogen (secondary N) is 2. The molecule has 2 rings (SSSR count). The number of rotatable bonds is 3. The Balaban J connectivity index is 2.00. The molecule has 0 radical (unpaired) electrons. The van der Waals surface area contributed by atoms with Crippen molar-refractivity contribution in [3.05, 3.63) is 55.2 Å². The molecule has 7 heteroatoms. The molecule has 1 heterocycles. The van der Waals surface area contributed by atoms with E-state index >= 15 is 0 Å². The summed E-state index contributed by atoms with van der Waals surface area (Å²) in [6.45, 7) is 3.99. The van der Waals surface area contributed by atoms with Crippen molar-refractivity contribution in [1.82, 2.24) is 10.9 Å². The second kappa shape index (κ2) is 7.13. The van der Waals surface area contributed by atoms with Gasteiger partial charge in [-0.05, 0) is 43.2 Å². The standard InChI is InChI=1S/C15H14Cl2N2O2S/c1-3-12-8(2)6-13(22-12)15(21)19-18-14(20)9-4-5-10(16)11(17)7-9/h4-7H,3H2,1-2H3,(H,18,20)(H,19,21). The largest absolute Gasteiger partial charge is 0.279 e. The van der Waals surface area contributed by atoms with E-state index < -0.39 is 5.91 Å². The Morgan fingerprint density at radius 2 is 1.77 bits per heavy atom. The highest BCUT2D eigenvalue weighted by Crippen LogP contribution is 2.23. The summed E-state index contributed by atoms with van der Waals surface area (Å²) in [5, 5.41) is 0.644. The number of thiophene rings is 1. The van der Waals surface area contributed by atoms with Crippen LogP contribution in [0.4, 0.5) is 0 Å². The van der Waals surface area contributed by atoms with Crippen molar-refractivity contribution in [2.75, 3.05) is 0 Å². The Labute approximate surface area is 142 Å². The molecular weight excluding hydrogens is 343 g/mol. The van der Waals surface area contributed by atoms with E-state index in [4.69, 9.17) is 23.2 Å². The number of carbonyl (C=O) groups is 2. The third-order valence-electron chi connectivity index (χ3n) is 3.04. The molecule has 2 aromatic rings. The Morgan fingerprint density at radius 3 is 2.36 bits per heavy atom. The van der Waals surface area contributed by atoms with Gasteiger partial charge in [0.1, 0.15) is 0 Å². The summed E-state index contributed by atoms with van der Waals surface area (Å²) < 4.78 is 0. The highest BCUT2D eigenvalue weighted by atomic mass is 35.5. The number of benzene rings is 1. The van der Waals surface area contributed by atoms with E-state index in [0.717, 1.165) is 16.9 Å². The highest BCUT2D eigenvalue weighted by Gasteiger charge is 2.13. The predicted octanol–water partition coefficient (Wildman–Crippen LogP) is 4.00. The van der Waals surface area contributed by atoms with Gasteiger partial charge in [-0.25, -0.2) is 0 Å². The lowest BCUT2D eigenvalue weighted by molar-refractivity contribution is 0.0849. The number of carbonyl (C=O) groups excluding carboxylic acids is 2. The highest BCUT2D eigenvalue weighted by molar-refractivity contribution is 7.14. The van der Waals surface area contributed by atoms with Crippen molar-refractivity contribution in [3.63, 3.8) is 0 Å². The first-order valence-electron chi connectivity index (χ1n) is 6.57. The molecule has 0 saturated carbocycles. The zero-order chi connectivity index (χ0) is 16.3. The SMILES string of the molecule is CCc1sc(C(=O)NNC(=O)c2ccc(Cl)c(Cl)c2)cc1C. The lowest BCUT2D eigenvalue weighted by atomic mass is 10.2. The van der Waals surface area contributed by atoms with Crippen molar-refractivity contribution >= 4 is 46.4 Å². The molecule has 0 aliphatic heterocycles. The monoisotopic (exact) mass is 356 g/mol. The fourth-order valence-corrected chi connectivity index (χ4v) is 3.17. The average molecular weight is 357 g/mol. The summed E-state index contributed by atoms with van der Waals surface area (Å²) in [4.78, 5) is 25.7. The molecule has 0 spiro atoms. The molecule has 2 amide bonds. The van der Waals surface area contributed by atoms with Crippen LogP contribution in [0.15, 0.2) is 24.3 Å². The summed E-state index contributed by atoms with van der Waals surface area (Å²) in [6, 6.07) is 6.30. The number of hydrazine groups is 1. The molecule has 0 aliphatic carbocycles. The molecule has 0 unspecified atom stereocenters. The van der Waals surface area contributed by atoms with Crippen LogP contribution in [-0.2, 0) is 6.42 Å². The second-order valence-electron chi connectivity index (χ2n) is 4.61. The minimum absolute atomic E-state index is 0.280. The van der Waals surface area contributed by atoms with E-state index in [1.54, 1.807) is 0 Å². The lowest BCUT2D eigenvalue weighted by Gasteiger charge is -2.07. The molecule has 116 valence electrons. The van der Waals surface area contributed by atoms with Crippen LogP contribution in [0.2, 0.25) is 10.0 Å². The number of hydrogen-bond donors (Lipinski definition) is 2. The Bertz CT molecular complexity index is 728. The van der Waals surface area contributed by atoms with Crippen molar-refractivity contribution in [2.45, 2.75) is 20.3 Å². The maximum Gasteiger partial charge on any atom is 0.279 e. The number of halogens is 2. The Kier molecular flexibility index (Phi) is 5.45. The number of amides is 2. The first-order chi connectivity index (χ1) is 10.4. The van der Waals surface area contributed by atoms with Crippen LogP contribution in [0.1, 0.15) is 37.4 Å². The van der Waals surface area contributed by atoms with Crippen LogP contribution in [-0.4, -0.2) is 11.8 Å². The molecule has 0 fully saturated rings. The van der Waals surface area contributed by atoms with Gasteiger partial charge in [-0.15, -0.1) is 11.3 Å². The third kappa shape index (κ3) is 3.80. The van der Waals surface area contributed by atoms with E-state index in [9.17, 15) is 9.59 Å². The molecular formula is C15H14Cl2N2O2S. The van der Waals surface area contributed by atoms with E-state index in [1.165, 1.54) is 29.5 Å². The van der Waals surface area contributed by atoms with Gasteiger partial charge in [0.25, 0.3) is 11.8 Å². The Morgan fingerprint density at radius 1 is 1.09 bits per heavy atom. The maximum atomic E-state index is 12.0. The van der Waals surface area contributed by atoms with Gasteiger partial charge in [0.05, 0.1) is 14.9 Å². The van der Waals surface area contributed by atoms with Gasteiger partial charge in [-0.1, -0.05) is 30.1 Å². The molecule has 0 saturated heterocycles. The molecule has 1 aromatic heterocycles. The van der Waals surface area contributed by atoms with Crippen molar-refractivity contribution in [1.29, 1.82) is 0 Å². The summed E-state index contributed by atoms with van der Waals surface area (Å²) >= 11 is 13.1. The molecule has 0 aliphatic rings. The van der Waals surface area contributed by atoms with Gasteiger partial charge in [-0.2, -0.15) is 0 Å². The molecule has 4 nitrogen and oxygen atoms in total. The van der Waals surface area contributed by atoms with Crippen LogP contribution < -0.4 is 10.9 Å². The third-order valence-corrected chi connectivity index (χ3v) is 5.16. The second-order valence-corrected chi connectivity index (χ2v) is 6.56. The summed E-state index contributed by atoms with van der Waals surface area (Å²) in [6.07, 6.45) is 0.874. The minimum Gasteiger partial charge on any atom is -0.267 e. The quantitative estimate of drug-likeness (QED) is 0.816. The fourth-order valence-electron chi connectivity index (χ4n) is 1.87. The topological polar surface area (TPSA) is 58.2 Å². The average Bonchev–Trinajstić information content (AvgIpc) is 2.88. The summed E-state index contributed by atoms with van der Waals surface area (Å²) in [5.41, 5.74) is 6.14. The minimum atomic E-state index is -0.462. The normalized spacial score (nSPS) is 10.4. The van der Waals surface area contributed by atoms with Crippen LogP contribution in [0, 0.1) is 6.92 Å². The van der Waals surface area contributed by atoms with Gasteiger partial charge in [0.2, 0.25) is 0 Å². The molecule has 0 bridgehead atoms. The van der Waals surface area contributed by atoms with E-state index in [1.807, 2.05) is 19.9 Å². The molecule has 1 aromatic carbocycles. The summed E-state index contributed by atoms with van der Waals surface area (Å²) in [5.74, 6) is -0.808. The number of hydrogen-bond acceptors (Lipinski definition) is 3. The molecule has 0 atom stereocenters. The maximum absolute atomic E-state index is 12.0. The number of aryl methyl sites for hydroxylation is 2. The van der Waals surface area contributed by atoms with Gasteiger partial charge >= 0.3 is 0 Å². The summed E-state index contributed by atoms with van der Waals surface area (Å²) in [7, 11) is 0. The van der Waals surface area contributed by atoms with E-state index in [0.29, 0.717) is 15.5 Å². The first kappa shape index (κ1) is 16.8. The van der Waals surface area contributed by atoms with Crippen LogP contribution in [0.5, 0.6) is 0 Å². The van der Waals surface area contributed by atoms with Crippen molar-refractivity contribution in [3.8, 4) is 0 Å². The van der Waals surface area contributed by atoms with Crippen LogP contribution >= 0.6 is 34.5 Å². The molecule has 2 N–H and O–H groups in total.